The maximum absolute atomic E-state index is 11.5. The Morgan fingerprint density at radius 2 is 1.89 bits per heavy atom. The quantitative estimate of drug-likeness (QED) is 0.573. The van der Waals surface area contributed by atoms with Gasteiger partial charge in [0.2, 0.25) is 0 Å². The van der Waals surface area contributed by atoms with Crippen LogP contribution < -0.4 is 10.6 Å². The normalized spacial score (nSPS) is 25.1. The second-order valence-electron chi connectivity index (χ2n) is 4.52. The van der Waals surface area contributed by atoms with Gasteiger partial charge in [-0.15, -0.1) is 0 Å². The number of imide groups is 1. The van der Waals surface area contributed by atoms with Gasteiger partial charge in [-0.05, 0) is 13.3 Å². The molecule has 0 aromatic carbocycles. The molecule has 1 rings (SSSR count). The molecule has 1 fully saturated rings. The summed E-state index contributed by atoms with van der Waals surface area (Å²) in [5.74, 6) is -2.42. The third-order valence-corrected chi connectivity index (χ3v) is 4.44. The lowest BCUT2D eigenvalue weighted by molar-refractivity contribution is -0.131. The van der Waals surface area contributed by atoms with Gasteiger partial charge in [-0.25, -0.2) is 18.0 Å². The Hall–Kier alpha value is -1.90. The minimum atomic E-state index is -3.17. The van der Waals surface area contributed by atoms with E-state index in [0.29, 0.717) is 12.2 Å². The summed E-state index contributed by atoms with van der Waals surface area (Å²) in [6.45, 7) is 1.56. The lowest BCUT2D eigenvalue weighted by Crippen LogP contribution is -2.52. The van der Waals surface area contributed by atoms with Crippen molar-refractivity contribution in [3.63, 3.8) is 0 Å². The molecule has 0 saturated carbocycles. The predicted octanol–water partition coefficient (Wildman–Crippen LogP) is -0.970. The first kappa shape index (κ1) is 15.2. The zero-order chi connectivity index (χ0) is 14.7. The summed E-state index contributed by atoms with van der Waals surface area (Å²) < 4.78 is 22.6. The third-order valence-electron chi connectivity index (χ3n) is 2.53. The molecule has 1 heterocycles. The number of hydrogen-bond acceptors (Lipinski definition) is 5. The van der Waals surface area contributed by atoms with Crippen molar-refractivity contribution >= 4 is 27.7 Å². The molecule has 3 N–H and O–H groups in total. The van der Waals surface area contributed by atoms with Crippen LogP contribution in [0.3, 0.4) is 0 Å². The summed E-state index contributed by atoms with van der Waals surface area (Å²) in [4.78, 5) is 32.7. The van der Waals surface area contributed by atoms with Crippen molar-refractivity contribution in [1.29, 1.82) is 0 Å². The monoisotopic (exact) mass is 290 g/mol. The number of carbonyl (C=O) groups excluding carboxylic acids is 2. The molecule has 0 aromatic rings. The molecule has 0 spiro atoms. The van der Waals surface area contributed by atoms with Crippen LogP contribution in [0.2, 0.25) is 0 Å². The number of carboxylic acid groups (broad SMARTS) is 1. The highest BCUT2D eigenvalue weighted by Gasteiger charge is 2.39. The molecule has 19 heavy (non-hydrogen) atoms. The predicted molar refractivity (Wildman–Crippen MR) is 65.1 cm³/mol. The van der Waals surface area contributed by atoms with Crippen LogP contribution in [-0.2, 0) is 19.4 Å². The first-order valence-electron chi connectivity index (χ1n) is 5.36. The lowest BCUT2D eigenvalue weighted by atomic mass is 10.0. The molecule has 1 atom stereocenters. The van der Waals surface area contributed by atoms with E-state index in [2.05, 4.69) is 5.32 Å². The van der Waals surface area contributed by atoms with E-state index in [1.807, 2.05) is 5.32 Å². The van der Waals surface area contributed by atoms with E-state index in [9.17, 15) is 22.8 Å². The van der Waals surface area contributed by atoms with Crippen LogP contribution >= 0.6 is 0 Å². The van der Waals surface area contributed by atoms with Crippen molar-refractivity contribution in [2.45, 2.75) is 18.9 Å². The molecule has 0 aromatic heterocycles. The van der Waals surface area contributed by atoms with Crippen molar-refractivity contribution in [1.82, 2.24) is 10.6 Å². The smallest absolute Gasteiger partial charge is 0.328 e. The van der Waals surface area contributed by atoms with Crippen molar-refractivity contribution in [2.24, 2.45) is 0 Å². The fraction of sp³-hybridized carbons (Fsp3) is 0.500. The molecular weight excluding hydrogens is 276 g/mol. The molecule has 0 aliphatic carbocycles. The van der Waals surface area contributed by atoms with Gasteiger partial charge in [0.05, 0.1) is 17.0 Å². The third kappa shape index (κ3) is 5.08. The van der Waals surface area contributed by atoms with Crippen molar-refractivity contribution in [2.75, 3.05) is 11.5 Å². The van der Waals surface area contributed by atoms with Gasteiger partial charge in [0, 0.05) is 12.2 Å². The lowest BCUT2D eigenvalue weighted by Gasteiger charge is -2.23. The molecule has 1 aliphatic heterocycles. The largest absolute Gasteiger partial charge is 0.478 e. The first-order valence-corrected chi connectivity index (χ1v) is 7.19. The summed E-state index contributed by atoms with van der Waals surface area (Å²) in [5.41, 5.74) is -0.917. The number of sulfone groups is 1. The highest BCUT2D eigenvalue weighted by molar-refractivity contribution is 7.91. The maximum Gasteiger partial charge on any atom is 0.328 e. The van der Waals surface area contributed by atoms with Crippen LogP contribution in [0, 0.1) is 0 Å². The van der Waals surface area contributed by atoms with Crippen LogP contribution in [-0.4, -0.2) is 48.5 Å². The number of carboxylic acids is 1. The highest BCUT2D eigenvalue weighted by atomic mass is 32.2. The van der Waals surface area contributed by atoms with Gasteiger partial charge in [0.15, 0.2) is 9.84 Å². The molecule has 106 valence electrons. The standard InChI is InChI=1S/C10H14N2O6S/c1-10(4-5-19(17,18)6-10)12-9(16)11-7(13)2-3-8(14)15/h2-3H,4-6H2,1H3,(H,14,15)(H2,11,12,13,16). The SMILES string of the molecule is CC1(NC(=O)NC(=O)C=CC(=O)O)CCS(=O)(=O)C1. The molecule has 1 saturated heterocycles. The van der Waals surface area contributed by atoms with Crippen LogP contribution in [0.4, 0.5) is 4.79 Å². The molecule has 0 radical (unpaired) electrons. The second-order valence-corrected chi connectivity index (χ2v) is 6.70. The summed E-state index contributed by atoms with van der Waals surface area (Å²) in [5, 5.41) is 12.6. The van der Waals surface area contributed by atoms with E-state index < -0.39 is 33.3 Å². The maximum atomic E-state index is 11.5. The average Bonchev–Trinajstić information content (AvgIpc) is 2.49. The van der Waals surface area contributed by atoms with Crippen molar-refractivity contribution in [3.05, 3.63) is 12.2 Å². The second kappa shape index (κ2) is 5.39. The van der Waals surface area contributed by atoms with E-state index in [-0.39, 0.29) is 17.9 Å². The molecule has 9 heteroatoms. The first-order chi connectivity index (χ1) is 8.62. The summed E-state index contributed by atoms with van der Waals surface area (Å²) in [6.07, 6.45) is 1.54. The Labute approximate surface area is 109 Å². The minimum Gasteiger partial charge on any atom is -0.478 e. The Morgan fingerprint density at radius 1 is 1.26 bits per heavy atom. The zero-order valence-corrected chi connectivity index (χ0v) is 11.0. The van der Waals surface area contributed by atoms with E-state index in [1.165, 1.54) is 0 Å². The van der Waals surface area contributed by atoms with Gasteiger partial charge in [-0.3, -0.25) is 10.1 Å². The summed E-state index contributed by atoms with van der Waals surface area (Å²) >= 11 is 0. The molecule has 3 amide bonds. The van der Waals surface area contributed by atoms with E-state index in [0.717, 1.165) is 0 Å². The van der Waals surface area contributed by atoms with Gasteiger partial charge < -0.3 is 10.4 Å². The number of urea groups is 1. The highest BCUT2D eigenvalue weighted by Crippen LogP contribution is 2.22. The van der Waals surface area contributed by atoms with E-state index >= 15 is 0 Å². The van der Waals surface area contributed by atoms with Gasteiger partial charge in [0.1, 0.15) is 0 Å². The summed E-state index contributed by atoms with van der Waals surface area (Å²) in [7, 11) is -3.17. The number of carbonyl (C=O) groups is 3. The number of amides is 3. The van der Waals surface area contributed by atoms with Gasteiger partial charge in [-0.2, -0.15) is 0 Å². The van der Waals surface area contributed by atoms with Crippen molar-refractivity contribution in [3.8, 4) is 0 Å². The number of aliphatic carboxylic acids is 1. The number of hydrogen-bond donors (Lipinski definition) is 3. The molecule has 8 nitrogen and oxygen atoms in total. The topological polar surface area (TPSA) is 130 Å². The Balaban J connectivity index is 2.53. The van der Waals surface area contributed by atoms with Crippen LogP contribution in [0.1, 0.15) is 13.3 Å². The van der Waals surface area contributed by atoms with Crippen LogP contribution in [0.5, 0.6) is 0 Å². The number of nitrogens with one attached hydrogen (secondary N) is 2. The van der Waals surface area contributed by atoms with Gasteiger partial charge in [-0.1, -0.05) is 0 Å². The Morgan fingerprint density at radius 3 is 2.37 bits per heavy atom. The molecule has 1 unspecified atom stereocenters. The van der Waals surface area contributed by atoms with E-state index in [4.69, 9.17) is 5.11 Å². The Bertz CT molecular complexity index is 538. The van der Waals surface area contributed by atoms with E-state index in [1.54, 1.807) is 6.92 Å². The Kier molecular flexibility index (Phi) is 4.30. The fourth-order valence-corrected chi connectivity index (χ4v) is 3.81. The van der Waals surface area contributed by atoms with Gasteiger partial charge in [0.25, 0.3) is 5.91 Å². The fourth-order valence-electron chi connectivity index (χ4n) is 1.71. The zero-order valence-electron chi connectivity index (χ0n) is 10.2. The molecular formula is C10H14N2O6S. The number of rotatable bonds is 3. The molecule has 1 aliphatic rings. The minimum absolute atomic E-state index is 0.0172. The van der Waals surface area contributed by atoms with Crippen molar-refractivity contribution < 1.29 is 27.9 Å². The summed E-state index contributed by atoms with van der Waals surface area (Å²) in [6, 6.07) is -0.861. The molecule has 0 bridgehead atoms. The van der Waals surface area contributed by atoms with Crippen LogP contribution in [0.25, 0.3) is 0 Å². The van der Waals surface area contributed by atoms with Gasteiger partial charge >= 0.3 is 12.0 Å². The van der Waals surface area contributed by atoms with Crippen LogP contribution in [0.15, 0.2) is 12.2 Å². The average molecular weight is 290 g/mol.